The molecule has 0 unspecified atom stereocenters. The Morgan fingerprint density at radius 2 is 1.19 bits per heavy atom. The van der Waals surface area contributed by atoms with Crippen LogP contribution in [0.5, 0.6) is 0 Å². The Morgan fingerprint density at radius 3 is 1.60 bits per heavy atom. The van der Waals surface area contributed by atoms with Crippen LogP contribution < -0.4 is 11.1 Å². The molecule has 0 saturated heterocycles. The molecule has 6 nitrogen and oxygen atoms in total. The standard InChI is InChI=1S/C37H59N3O3/c1-23(2)25-10-16-32(17-11-25)40(33-18-12-26(13-19-33)24(3)4)36(43)29-20-28(34(38)41)21-31(22-29)39-35(42)27-8-14-30(15-9-27)37(5,6)7/h20-27,30,32-33H,8-19H2,1-7H3,(H2,38,41)(H,39,42). The Bertz CT molecular complexity index is 1080. The molecule has 1 aromatic rings. The molecule has 4 rings (SSSR count). The molecule has 3 aliphatic carbocycles. The first-order chi connectivity index (χ1) is 20.2. The number of nitrogens with one attached hydrogen (secondary N) is 1. The molecule has 0 atom stereocenters. The lowest BCUT2D eigenvalue weighted by atomic mass is 9.69. The van der Waals surface area contributed by atoms with Crippen molar-refractivity contribution in [3.05, 3.63) is 29.3 Å². The zero-order chi connectivity index (χ0) is 31.5. The van der Waals surface area contributed by atoms with Gasteiger partial charge in [-0.15, -0.1) is 0 Å². The van der Waals surface area contributed by atoms with Crippen LogP contribution in [0.4, 0.5) is 5.69 Å². The van der Waals surface area contributed by atoms with Gasteiger partial charge < -0.3 is 16.0 Å². The molecule has 6 heteroatoms. The first kappa shape index (κ1) is 33.5. The Hall–Kier alpha value is -2.37. The molecular weight excluding hydrogens is 534 g/mol. The van der Waals surface area contributed by atoms with E-state index in [0.717, 1.165) is 77.0 Å². The molecule has 0 spiro atoms. The van der Waals surface area contributed by atoms with Gasteiger partial charge in [0.2, 0.25) is 11.8 Å². The molecule has 3 amide bonds. The second-order valence-corrected chi connectivity index (χ2v) is 15.9. The topological polar surface area (TPSA) is 92.5 Å². The van der Waals surface area contributed by atoms with Crippen molar-refractivity contribution in [1.82, 2.24) is 4.90 Å². The van der Waals surface area contributed by atoms with Gasteiger partial charge in [0.15, 0.2) is 0 Å². The molecule has 0 radical (unpaired) electrons. The predicted molar refractivity (Wildman–Crippen MR) is 176 cm³/mol. The molecular formula is C37H59N3O3. The summed E-state index contributed by atoms with van der Waals surface area (Å²) in [5.41, 5.74) is 7.23. The monoisotopic (exact) mass is 593 g/mol. The summed E-state index contributed by atoms with van der Waals surface area (Å²) in [5.74, 6) is 2.68. The third kappa shape index (κ3) is 8.42. The van der Waals surface area contributed by atoms with Crippen molar-refractivity contribution < 1.29 is 14.4 Å². The molecule has 0 bridgehead atoms. The van der Waals surface area contributed by atoms with Gasteiger partial charge in [-0.3, -0.25) is 14.4 Å². The van der Waals surface area contributed by atoms with Crippen LogP contribution in [-0.4, -0.2) is 34.7 Å². The summed E-state index contributed by atoms with van der Waals surface area (Å²) in [6.07, 6.45) is 12.5. The summed E-state index contributed by atoms with van der Waals surface area (Å²) < 4.78 is 0. The molecule has 3 saturated carbocycles. The quantitative estimate of drug-likeness (QED) is 0.317. The Balaban J connectivity index is 1.55. The van der Waals surface area contributed by atoms with E-state index in [9.17, 15) is 14.4 Å². The molecule has 3 N–H and O–H groups in total. The zero-order valence-corrected chi connectivity index (χ0v) is 28.1. The van der Waals surface area contributed by atoms with E-state index in [4.69, 9.17) is 5.73 Å². The highest BCUT2D eigenvalue weighted by Crippen LogP contribution is 2.41. The van der Waals surface area contributed by atoms with Crippen LogP contribution >= 0.6 is 0 Å². The zero-order valence-electron chi connectivity index (χ0n) is 28.1. The van der Waals surface area contributed by atoms with Crippen molar-refractivity contribution in [2.24, 2.45) is 46.7 Å². The minimum absolute atomic E-state index is 0.0229. The fourth-order valence-electron chi connectivity index (χ4n) is 8.30. The summed E-state index contributed by atoms with van der Waals surface area (Å²) in [6, 6.07) is 5.46. The normalized spacial score (nSPS) is 28.5. The van der Waals surface area contributed by atoms with Gasteiger partial charge in [-0.1, -0.05) is 48.5 Å². The highest BCUT2D eigenvalue weighted by atomic mass is 16.2. The van der Waals surface area contributed by atoms with E-state index in [1.807, 2.05) is 0 Å². The minimum atomic E-state index is -0.586. The Morgan fingerprint density at radius 1 is 0.721 bits per heavy atom. The summed E-state index contributed by atoms with van der Waals surface area (Å²) in [5, 5.41) is 3.07. The highest BCUT2D eigenvalue weighted by Gasteiger charge is 2.38. The van der Waals surface area contributed by atoms with Gasteiger partial charge >= 0.3 is 0 Å². The number of hydrogen-bond acceptors (Lipinski definition) is 3. The lowest BCUT2D eigenvalue weighted by molar-refractivity contribution is -0.121. The van der Waals surface area contributed by atoms with E-state index in [-0.39, 0.29) is 40.8 Å². The van der Waals surface area contributed by atoms with E-state index in [1.165, 1.54) is 0 Å². The van der Waals surface area contributed by atoms with Gasteiger partial charge in [0.05, 0.1) is 0 Å². The van der Waals surface area contributed by atoms with Crippen molar-refractivity contribution in [2.45, 2.75) is 138 Å². The third-order valence-corrected chi connectivity index (χ3v) is 11.4. The van der Waals surface area contributed by atoms with Crippen molar-refractivity contribution in [3.63, 3.8) is 0 Å². The maximum Gasteiger partial charge on any atom is 0.254 e. The smallest absolute Gasteiger partial charge is 0.254 e. The Kier molecular flexibility index (Phi) is 11.0. The van der Waals surface area contributed by atoms with Crippen molar-refractivity contribution in [3.8, 4) is 0 Å². The van der Waals surface area contributed by atoms with Crippen LogP contribution in [0.1, 0.15) is 146 Å². The molecule has 3 aliphatic rings. The van der Waals surface area contributed by atoms with Gasteiger partial charge in [-0.25, -0.2) is 0 Å². The summed E-state index contributed by atoms with van der Waals surface area (Å²) in [7, 11) is 0. The minimum Gasteiger partial charge on any atom is -0.366 e. The van der Waals surface area contributed by atoms with Crippen LogP contribution in [0.2, 0.25) is 0 Å². The maximum absolute atomic E-state index is 14.5. The number of nitrogens with two attached hydrogens (primary N) is 1. The lowest BCUT2D eigenvalue weighted by Gasteiger charge is -2.45. The second-order valence-electron chi connectivity index (χ2n) is 15.9. The number of rotatable bonds is 8. The SMILES string of the molecule is CC(C)C1CCC(N(C(=O)c2cc(NC(=O)C3CCC(C(C)(C)C)CC3)cc(C(N)=O)c2)C2CCC(C(C)C)CC2)CC1. The van der Waals surface area contributed by atoms with Crippen LogP contribution in [0, 0.1) is 40.9 Å². The third-order valence-electron chi connectivity index (χ3n) is 11.4. The van der Waals surface area contributed by atoms with E-state index in [2.05, 4.69) is 58.7 Å². The largest absolute Gasteiger partial charge is 0.366 e. The van der Waals surface area contributed by atoms with E-state index < -0.39 is 5.91 Å². The molecule has 0 aromatic heterocycles. The molecule has 0 aliphatic heterocycles. The van der Waals surface area contributed by atoms with Crippen LogP contribution in [0.15, 0.2) is 18.2 Å². The summed E-state index contributed by atoms with van der Waals surface area (Å²) in [4.78, 5) is 42.4. The number of carbonyl (C=O) groups is 3. The van der Waals surface area contributed by atoms with Crippen LogP contribution in [-0.2, 0) is 4.79 Å². The number of nitrogens with zero attached hydrogens (tertiary/aromatic N) is 1. The number of primary amides is 1. The molecule has 240 valence electrons. The van der Waals surface area contributed by atoms with Gasteiger partial charge in [-0.2, -0.15) is 0 Å². The lowest BCUT2D eigenvalue weighted by Crippen LogP contribution is -2.50. The average molecular weight is 594 g/mol. The summed E-state index contributed by atoms with van der Waals surface area (Å²) in [6.45, 7) is 16.1. The van der Waals surface area contributed by atoms with Gasteiger partial charge in [-0.05, 0) is 130 Å². The maximum atomic E-state index is 14.5. The molecule has 0 heterocycles. The predicted octanol–water partition coefficient (Wildman–Crippen LogP) is 8.45. The highest BCUT2D eigenvalue weighted by molar-refractivity contribution is 6.02. The number of anilines is 1. The number of benzene rings is 1. The van der Waals surface area contributed by atoms with Gasteiger partial charge in [0, 0.05) is 34.8 Å². The van der Waals surface area contributed by atoms with Crippen molar-refractivity contribution >= 4 is 23.4 Å². The Labute approximate surface area is 261 Å². The fourth-order valence-corrected chi connectivity index (χ4v) is 8.30. The van der Waals surface area contributed by atoms with Gasteiger partial charge in [0.1, 0.15) is 0 Å². The average Bonchev–Trinajstić information content (AvgIpc) is 2.97. The van der Waals surface area contributed by atoms with Gasteiger partial charge in [0.25, 0.3) is 5.91 Å². The second kappa shape index (κ2) is 14.2. The fraction of sp³-hybridized carbons (Fsp3) is 0.757. The van der Waals surface area contributed by atoms with Crippen LogP contribution in [0.3, 0.4) is 0 Å². The van der Waals surface area contributed by atoms with E-state index >= 15 is 0 Å². The number of hydrogen-bond donors (Lipinski definition) is 2. The van der Waals surface area contributed by atoms with E-state index in [0.29, 0.717) is 40.8 Å². The summed E-state index contributed by atoms with van der Waals surface area (Å²) >= 11 is 0. The first-order valence-electron chi connectivity index (χ1n) is 17.3. The number of carbonyl (C=O) groups excluding carboxylic acids is 3. The first-order valence-corrected chi connectivity index (χ1v) is 17.3. The molecule has 1 aromatic carbocycles. The molecule has 3 fully saturated rings. The molecule has 43 heavy (non-hydrogen) atoms. The van der Waals surface area contributed by atoms with E-state index in [1.54, 1.807) is 18.2 Å². The van der Waals surface area contributed by atoms with Crippen molar-refractivity contribution in [2.75, 3.05) is 5.32 Å². The van der Waals surface area contributed by atoms with Crippen molar-refractivity contribution in [1.29, 1.82) is 0 Å². The van der Waals surface area contributed by atoms with Crippen LogP contribution in [0.25, 0.3) is 0 Å². The number of amides is 3.